The summed E-state index contributed by atoms with van der Waals surface area (Å²) in [5, 5.41) is 2.55. The molecule has 2 heterocycles. The molecule has 0 aliphatic heterocycles. The summed E-state index contributed by atoms with van der Waals surface area (Å²) in [4.78, 5) is 4.06. The van der Waals surface area contributed by atoms with Crippen LogP contribution in [0.1, 0.15) is 0 Å². The van der Waals surface area contributed by atoms with Crippen molar-refractivity contribution < 1.29 is 8.83 Å². The molecule has 0 radical (unpaired) electrons. The fraction of sp³-hybridized carbons (Fsp3) is 0. The van der Waals surface area contributed by atoms with Gasteiger partial charge in [-0.05, 0) is 29.8 Å². The highest BCUT2D eigenvalue weighted by Crippen LogP contribution is 2.36. The van der Waals surface area contributed by atoms with Gasteiger partial charge in [-0.2, -0.15) is 4.98 Å². The van der Waals surface area contributed by atoms with E-state index in [1.165, 1.54) is 0 Å². The fourth-order valence-corrected chi connectivity index (χ4v) is 2.62. The van der Waals surface area contributed by atoms with Gasteiger partial charge >= 0.3 is 0 Å². The van der Waals surface area contributed by atoms with E-state index in [1.807, 2.05) is 24.3 Å². The van der Waals surface area contributed by atoms with Crippen molar-refractivity contribution in [3.05, 3.63) is 40.7 Å². The second kappa shape index (κ2) is 3.40. The van der Waals surface area contributed by atoms with E-state index >= 15 is 0 Å². The minimum atomic E-state index is 0.119. The van der Waals surface area contributed by atoms with E-state index < -0.39 is 0 Å². The summed E-state index contributed by atoms with van der Waals surface area (Å²) in [7, 11) is 0. The third kappa shape index (κ3) is 1.29. The van der Waals surface area contributed by atoms with Crippen LogP contribution in [0.5, 0.6) is 0 Å². The van der Waals surface area contributed by atoms with Crippen molar-refractivity contribution in [3.8, 4) is 0 Å². The molecule has 0 bridgehead atoms. The number of furan rings is 1. The lowest BCUT2D eigenvalue weighted by molar-refractivity contribution is 0.605. The molecule has 0 amide bonds. The van der Waals surface area contributed by atoms with E-state index in [0.717, 1.165) is 21.9 Å². The van der Waals surface area contributed by atoms with E-state index in [4.69, 9.17) is 32.0 Å². The molecule has 0 spiro atoms. The van der Waals surface area contributed by atoms with Gasteiger partial charge in [-0.25, -0.2) is 0 Å². The molecule has 2 aromatic carbocycles. The van der Waals surface area contributed by atoms with Crippen LogP contribution in [0, 0.1) is 0 Å². The van der Waals surface area contributed by atoms with Crippen LogP contribution in [0.15, 0.2) is 39.2 Å². The first-order valence-electron chi connectivity index (χ1n) is 5.29. The van der Waals surface area contributed by atoms with Gasteiger partial charge in [0.15, 0.2) is 5.58 Å². The quantitative estimate of drug-likeness (QED) is 0.452. The number of aromatic nitrogens is 1. The number of hydrogen-bond acceptors (Lipinski definition) is 3. The number of rotatable bonds is 0. The maximum absolute atomic E-state index is 6.20. The van der Waals surface area contributed by atoms with Crippen molar-refractivity contribution in [2.75, 3.05) is 0 Å². The zero-order valence-corrected chi connectivity index (χ0v) is 10.4. The van der Waals surface area contributed by atoms with E-state index in [2.05, 4.69) is 4.98 Å². The molecule has 4 rings (SSSR count). The molecular formula is C13H5Cl2NO2. The van der Waals surface area contributed by atoms with Gasteiger partial charge in [0, 0.05) is 16.8 Å². The van der Waals surface area contributed by atoms with Crippen LogP contribution in [-0.2, 0) is 0 Å². The maximum Gasteiger partial charge on any atom is 0.293 e. The zero-order chi connectivity index (χ0) is 12.3. The van der Waals surface area contributed by atoms with Crippen LogP contribution >= 0.6 is 23.2 Å². The molecule has 0 atom stereocenters. The van der Waals surface area contributed by atoms with Crippen LogP contribution in [-0.4, -0.2) is 4.98 Å². The normalized spacial score (nSPS) is 11.9. The van der Waals surface area contributed by atoms with Gasteiger partial charge in [-0.3, -0.25) is 0 Å². The fourth-order valence-electron chi connectivity index (χ4n) is 2.18. The van der Waals surface area contributed by atoms with Gasteiger partial charge < -0.3 is 8.83 Å². The smallest absolute Gasteiger partial charge is 0.293 e. The first-order chi connectivity index (χ1) is 8.72. The number of hydrogen-bond donors (Lipinski definition) is 0. The second-order valence-electron chi connectivity index (χ2n) is 4.00. The first kappa shape index (κ1) is 10.2. The molecule has 88 valence electrons. The third-order valence-electron chi connectivity index (χ3n) is 2.93. The molecule has 4 aromatic rings. The predicted molar refractivity (Wildman–Crippen MR) is 71.3 cm³/mol. The van der Waals surface area contributed by atoms with E-state index in [1.54, 1.807) is 6.07 Å². The lowest BCUT2D eigenvalue weighted by Gasteiger charge is -1.92. The lowest BCUT2D eigenvalue weighted by Crippen LogP contribution is -1.70. The Morgan fingerprint density at radius 2 is 1.83 bits per heavy atom. The number of oxazole rings is 1. The predicted octanol–water partition coefficient (Wildman–Crippen LogP) is 5.03. The number of fused-ring (bicyclic) bond motifs is 4. The van der Waals surface area contributed by atoms with Crippen molar-refractivity contribution >= 4 is 56.2 Å². The van der Waals surface area contributed by atoms with E-state index in [0.29, 0.717) is 16.1 Å². The second-order valence-corrected chi connectivity index (χ2v) is 4.73. The van der Waals surface area contributed by atoms with Gasteiger partial charge in [-0.15, -0.1) is 0 Å². The van der Waals surface area contributed by atoms with Gasteiger partial charge in [0.2, 0.25) is 0 Å². The molecule has 0 saturated carbocycles. The van der Waals surface area contributed by atoms with Gasteiger partial charge in [0.25, 0.3) is 5.35 Å². The van der Waals surface area contributed by atoms with Crippen molar-refractivity contribution in [2.45, 2.75) is 0 Å². The summed E-state index contributed by atoms with van der Waals surface area (Å²) in [6.07, 6.45) is 0. The highest BCUT2D eigenvalue weighted by molar-refractivity contribution is 6.37. The maximum atomic E-state index is 6.20. The Kier molecular flexibility index (Phi) is 1.93. The van der Waals surface area contributed by atoms with Crippen LogP contribution in [0.2, 0.25) is 10.4 Å². The minimum Gasteiger partial charge on any atom is -0.456 e. The molecule has 0 unspecified atom stereocenters. The van der Waals surface area contributed by atoms with Crippen molar-refractivity contribution in [1.82, 2.24) is 4.98 Å². The topological polar surface area (TPSA) is 39.2 Å². The molecule has 2 aromatic heterocycles. The summed E-state index contributed by atoms with van der Waals surface area (Å²) in [6, 6.07) is 9.21. The van der Waals surface area contributed by atoms with Gasteiger partial charge in [0.1, 0.15) is 16.7 Å². The van der Waals surface area contributed by atoms with Gasteiger partial charge in [-0.1, -0.05) is 17.7 Å². The van der Waals surface area contributed by atoms with E-state index in [9.17, 15) is 0 Å². The highest BCUT2D eigenvalue weighted by atomic mass is 35.5. The van der Waals surface area contributed by atoms with Crippen LogP contribution in [0.25, 0.3) is 33.0 Å². The number of nitrogens with zero attached hydrogens (tertiary/aromatic N) is 1. The molecule has 0 aliphatic carbocycles. The molecule has 3 nitrogen and oxygen atoms in total. The van der Waals surface area contributed by atoms with Crippen LogP contribution in [0.3, 0.4) is 0 Å². The molecular weight excluding hydrogens is 273 g/mol. The van der Waals surface area contributed by atoms with Crippen molar-refractivity contribution in [2.24, 2.45) is 0 Å². The Hall–Kier alpha value is -1.71. The number of halogens is 2. The van der Waals surface area contributed by atoms with E-state index in [-0.39, 0.29) is 5.35 Å². The van der Waals surface area contributed by atoms with Crippen LogP contribution < -0.4 is 0 Å². The summed E-state index contributed by atoms with van der Waals surface area (Å²) >= 11 is 11.9. The summed E-state index contributed by atoms with van der Waals surface area (Å²) in [6.45, 7) is 0. The Morgan fingerprint density at radius 1 is 0.944 bits per heavy atom. The van der Waals surface area contributed by atoms with Gasteiger partial charge in [0.05, 0.1) is 5.02 Å². The standard InChI is InChI=1S/C13H5Cl2NO2/c14-7-2-1-3-9-12(7)6-4-11-8(5-10(6)17-9)16-13(15)18-11/h1-5H. The highest BCUT2D eigenvalue weighted by Gasteiger charge is 2.13. The molecule has 0 saturated heterocycles. The average Bonchev–Trinajstić information content (AvgIpc) is 2.84. The summed E-state index contributed by atoms with van der Waals surface area (Å²) in [5.74, 6) is 0. The largest absolute Gasteiger partial charge is 0.456 e. The summed E-state index contributed by atoms with van der Waals surface area (Å²) < 4.78 is 11.0. The van der Waals surface area contributed by atoms with Crippen molar-refractivity contribution in [3.63, 3.8) is 0 Å². The minimum absolute atomic E-state index is 0.119. The molecule has 5 heteroatoms. The average molecular weight is 278 g/mol. The monoisotopic (exact) mass is 277 g/mol. The van der Waals surface area contributed by atoms with Crippen LogP contribution in [0.4, 0.5) is 0 Å². The Bertz CT molecular complexity index is 907. The number of benzene rings is 2. The lowest BCUT2D eigenvalue weighted by atomic mass is 10.1. The molecule has 0 aliphatic rings. The first-order valence-corrected chi connectivity index (χ1v) is 6.05. The Labute approximate surface area is 111 Å². The third-order valence-corrected chi connectivity index (χ3v) is 3.40. The molecule has 18 heavy (non-hydrogen) atoms. The zero-order valence-electron chi connectivity index (χ0n) is 8.91. The summed E-state index contributed by atoms with van der Waals surface area (Å²) in [5.41, 5.74) is 2.75. The Balaban J connectivity index is 2.27. The molecule has 0 fully saturated rings. The SMILES string of the molecule is Clc1nc2cc3oc4cccc(Cl)c4c3cc2o1. The Morgan fingerprint density at radius 3 is 2.72 bits per heavy atom. The molecule has 0 N–H and O–H groups in total. The van der Waals surface area contributed by atoms with Crippen molar-refractivity contribution in [1.29, 1.82) is 0 Å².